The van der Waals surface area contributed by atoms with Crippen molar-refractivity contribution in [2.24, 2.45) is 11.3 Å². The quantitative estimate of drug-likeness (QED) is 0.496. The molecule has 0 aromatic rings. The minimum Gasteiger partial charge on any atom is -0.465 e. The lowest BCUT2D eigenvalue weighted by molar-refractivity contribution is -0.148. The minimum atomic E-state index is -0.153. The van der Waals surface area contributed by atoms with E-state index in [1.165, 1.54) is 19.3 Å². The molecule has 2 heterocycles. The summed E-state index contributed by atoms with van der Waals surface area (Å²) >= 11 is 0. The molecule has 0 radical (unpaired) electrons. The molecule has 3 nitrogen and oxygen atoms in total. The molecule has 3 rings (SSSR count). The van der Waals surface area contributed by atoms with Crippen molar-refractivity contribution >= 4 is 5.97 Å². The Hall–Kier alpha value is -0.570. The van der Waals surface area contributed by atoms with E-state index < -0.39 is 0 Å². The Labute approximate surface area is 83.8 Å². The molecule has 3 heteroatoms. The number of carbonyl (C=O) groups is 1. The average Bonchev–Trinajstić information content (AvgIpc) is 2.94. The van der Waals surface area contributed by atoms with Crippen LogP contribution in [0.4, 0.5) is 0 Å². The summed E-state index contributed by atoms with van der Waals surface area (Å²) in [6.45, 7) is 1.51. The molecule has 0 aromatic carbocycles. The Bertz CT molecular complexity index is 259. The molecule has 0 aromatic heterocycles. The number of rotatable bonds is 2. The summed E-state index contributed by atoms with van der Waals surface area (Å²) in [6, 6.07) is 0. The summed E-state index contributed by atoms with van der Waals surface area (Å²) in [7, 11) is 0. The molecule has 0 bridgehead atoms. The average molecular weight is 196 g/mol. The number of cyclic esters (lactones) is 1. The summed E-state index contributed by atoms with van der Waals surface area (Å²) in [5.74, 6) is 0.533. The van der Waals surface area contributed by atoms with Gasteiger partial charge in [0, 0.05) is 5.92 Å². The lowest BCUT2D eigenvalue weighted by Gasteiger charge is -2.34. The van der Waals surface area contributed by atoms with Crippen LogP contribution in [0.1, 0.15) is 32.1 Å². The van der Waals surface area contributed by atoms with Gasteiger partial charge in [0.2, 0.25) is 0 Å². The number of carbonyl (C=O) groups excluding carboxylic acids is 1. The van der Waals surface area contributed by atoms with Crippen LogP contribution in [-0.4, -0.2) is 25.3 Å². The van der Waals surface area contributed by atoms with Crippen molar-refractivity contribution in [3.8, 4) is 0 Å². The standard InChI is InChI=1S/C11H16O3/c12-10-11(5-9-7-13-9)4-2-1-3-8(11)6-14-10/h8-9H,1-7H2/t8-,9?,11+/m0/s1. The third-order valence-electron chi connectivity index (χ3n) is 4.02. The summed E-state index contributed by atoms with van der Waals surface area (Å²) in [5, 5.41) is 0. The molecule has 0 amide bonds. The maximum atomic E-state index is 11.8. The Balaban J connectivity index is 1.84. The highest BCUT2D eigenvalue weighted by atomic mass is 16.6. The molecule has 0 N–H and O–H groups in total. The zero-order valence-corrected chi connectivity index (χ0v) is 8.33. The van der Waals surface area contributed by atoms with Crippen molar-refractivity contribution in [1.82, 2.24) is 0 Å². The van der Waals surface area contributed by atoms with Crippen molar-refractivity contribution < 1.29 is 14.3 Å². The van der Waals surface area contributed by atoms with Crippen molar-refractivity contribution in [3.63, 3.8) is 0 Å². The third-order valence-corrected chi connectivity index (χ3v) is 4.02. The van der Waals surface area contributed by atoms with Crippen LogP contribution >= 0.6 is 0 Å². The normalized spacial score (nSPS) is 45.9. The highest BCUT2D eigenvalue weighted by Crippen LogP contribution is 2.50. The molecular weight excluding hydrogens is 180 g/mol. The van der Waals surface area contributed by atoms with Crippen LogP contribution < -0.4 is 0 Å². The first-order valence-corrected chi connectivity index (χ1v) is 5.60. The Morgan fingerprint density at radius 2 is 2.21 bits per heavy atom. The fraction of sp³-hybridized carbons (Fsp3) is 0.909. The summed E-state index contributed by atoms with van der Waals surface area (Å²) in [4.78, 5) is 11.8. The van der Waals surface area contributed by atoms with Crippen molar-refractivity contribution in [2.45, 2.75) is 38.2 Å². The zero-order chi connectivity index (χ0) is 9.60. The van der Waals surface area contributed by atoms with E-state index in [9.17, 15) is 4.79 Å². The highest BCUT2D eigenvalue weighted by Gasteiger charge is 2.55. The fourth-order valence-electron chi connectivity index (χ4n) is 3.09. The summed E-state index contributed by atoms with van der Waals surface area (Å²) in [5.41, 5.74) is -0.153. The monoisotopic (exact) mass is 196 g/mol. The SMILES string of the molecule is O=C1OC[C@@H]2CCCC[C@]12CC1CO1. The molecule has 1 aliphatic carbocycles. The smallest absolute Gasteiger partial charge is 0.312 e. The van der Waals surface area contributed by atoms with Gasteiger partial charge in [-0.15, -0.1) is 0 Å². The Kier molecular flexibility index (Phi) is 1.84. The minimum absolute atomic E-state index is 0.0534. The lowest BCUT2D eigenvalue weighted by atomic mass is 9.65. The van der Waals surface area contributed by atoms with Crippen LogP contribution in [0.3, 0.4) is 0 Å². The Morgan fingerprint density at radius 1 is 1.36 bits per heavy atom. The molecule has 1 saturated carbocycles. The molecule has 3 fully saturated rings. The van der Waals surface area contributed by atoms with Gasteiger partial charge in [-0.2, -0.15) is 0 Å². The number of ether oxygens (including phenoxy) is 2. The highest BCUT2D eigenvalue weighted by molar-refractivity contribution is 5.79. The van der Waals surface area contributed by atoms with Gasteiger partial charge in [-0.3, -0.25) is 4.79 Å². The van der Waals surface area contributed by atoms with Crippen LogP contribution in [0.15, 0.2) is 0 Å². The summed E-state index contributed by atoms with van der Waals surface area (Å²) < 4.78 is 10.5. The van der Waals surface area contributed by atoms with E-state index in [0.717, 1.165) is 19.4 Å². The van der Waals surface area contributed by atoms with E-state index in [4.69, 9.17) is 9.47 Å². The lowest BCUT2D eigenvalue weighted by Crippen LogP contribution is -2.37. The number of hydrogen-bond donors (Lipinski definition) is 0. The largest absolute Gasteiger partial charge is 0.465 e. The first-order chi connectivity index (χ1) is 6.81. The van der Waals surface area contributed by atoms with E-state index >= 15 is 0 Å². The number of epoxide rings is 1. The molecular formula is C11H16O3. The second-order valence-corrected chi connectivity index (χ2v) is 4.86. The molecule has 1 unspecified atom stereocenters. The van der Waals surface area contributed by atoms with Gasteiger partial charge in [-0.05, 0) is 19.3 Å². The van der Waals surface area contributed by atoms with E-state index in [0.29, 0.717) is 18.6 Å². The van der Waals surface area contributed by atoms with Crippen LogP contribution in [-0.2, 0) is 14.3 Å². The van der Waals surface area contributed by atoms with E-state index in [2.05, 4.69) is 0 Å². The van der Waals surface area contributed by atoms with Gasteiger partial charge in [-0.25, -0.2) is 0 Å². The van der Waals surface area contributed by atoms with Gasteiger partial charge < -0.3 is 9.47 Å². The maximum Gasteiger partial charge on any atom is 0.312 e. The summed E-state index contributed by atoms with van der Waals surface area (Å²) in [6.07, 6.45) is 5.89. The van der Waals surface area contributed by atoms with Crippen LogP contribution in [0, 0.1) is 11.3 Å². The van der Waals surface area contributed by atoms with Crippen LogP contribution in [0.5, 0.6) is 0 Å². The molecule has 2 saturated heterocycles. The van der Waals surface area contributed by atoms with Crippen molar-refractivity contribution in [1.29, 1.82) is 0 Å². The van der Waals surface area contributed by atoms with Gasteiger partial charge in [0.1, 0.15) is 0 Å². The van der Waals surface area contributed by atoms with Gasteiger partial charge in [-0.1, -0.05) is 12.8 Å². The second-order valence-electron chi connectivity index (χ2n) is 4.86. The van der Waals surface area contributed by atoms with Crippen molar-refractivity contribution in [2.75, 3.05) is 13.2 Å². The molecule has 2 aliphatic heterocycles. The van der Waals surface area contributed by atoms with E-state index in [1.54, 1.807) is 0 Å². The first-order valence-electron chi connectivity index (χ1n) is 5.60. The van der Waals surface area contributed by atoms with E-state index in [1.807, 2.05) is 0 Å². The molecule has 3 atom stereocenters. The fourth-order valence-corrected chi connectivity index (χ4v) is 3.09. The number of esters is 1. The topological polar surface area (TPSA) is 38.8 Å². The maximum absolute atomic E-state index is 11.8. The zero-order valence-electron chi connectivity index (χ0n) is 8.33. The molecule has 14 heavy (non-hydrogen) atoms. The third kappa shape index (κ3) is 1.18. The molecule has 0 spiro atoms. The predicted octanol–water partition coefficient (Wildman–Crippen LogP) is 1.51. The Morgan fingerprint density at radius 3 is 3.00 bits per heavy atom. The number of hydrogen-bond acceptors (Lipinski definition) is 3. The van der Waals surface area contributed by atoms with Gasteiger partial charge in [0.05, 0.1) is 24.7 Å². The van der Waals surface area contributed by atoms with E-state index in [-0.39, 0.29) is 11.4 Å². The van der Waals surface area contributed by atoms with Crippen molar-refractivity contribution in [3.05, 3.63) is 0 Å². The van der Waals surface area contributed by atoms with Gasteiger partial charge in [0.25, 0.3) is 0 Å². The molecule has 3 aliphatic rings. The van der Waals surface area contributed by atoms with Crippen LogP contribution in [0.2, 0.25) is 0 Å². The second kappa shape index (κ2) is 2.96. The first kappa shape index (κ1) is 8.72. The van der Waals surface area contributed by atoms with Gasteiger partial charge in [0.15, 0.2) is 0 Å². The predicted molar refractivity (Wildman–Crippen MR) is 49.7 cm³/mol. The van der Waals surface area contributed by atoms with Crippen LogP contribution in [0.25, 0.3) is 0 Å². The number of fused-ring (bicyclic) bond motifs is 1. The molecule has 78 valence electrons. The van der Waals surface area contributed by atoms with Gasteiger partial charge >= 0.3 is 5.97 Å².